The van der Waals surface area contributed by atoms with Gasteiger partial charge in [0.25, 0.3) is 1.43 Å². The molecule has 0 amide bonds. The summed E-state index contributed by atoms with van der Waals surface area (Å²) in [6.45, 7) is 9.71. The third-order valence-electron chi connectivity index (χ3n) is 3.67. The molecule has 0 fully saturated rings. The van der Waals surface area contributed by atoms with E-state index in [4.69, 9.17) is 11.3 Å². The van der Waals surface area contributed by atoms with Crippen LogP contribution in [0.2, 0.25) is 0 Å². The zero-order valence-electron chi connectivity index (χ0n) is 11.9. The van der Waals surface area contributed by atoms with Crippen LogP contribution in [-0.2, 0) is 10.2 Å². The average molecular weight is 235 g/mol. The van der Waals surface area contributed by atoms with E-state index >= 15 is 0 Å². The molecule has 0 atom stereocenters. The summed E-state index contributed by atoms with van der Waals surface area (Å²) in [6, 6.07) is 0. The fourth-order valence-corrected chi connectivity index (χ4v) is 2.63. The molecule has 1 aliphatic rings. The quantitative estimate of drug-likeness (QED) is 0.601. The van der Waals surface area contributed by atoms with Crippen LogP contribution in [0.1, 0.15) is 42.5 Å². The second-order valence-electron chi connectivity index (χ2n) is 5.44. The maximum atomic E-state index is 11.7. The zero-order chi connectivity index (χ0) is 13.7. The maximum Gasteiger partial charge on any atom is 0.312 e. The van der Waals surface area contributed by atoms with Crippen molar-refractivity contribution >= 4 is 5.97 Å². The minimum absolute atomic E-state index is 0.200. The molecule has 0 spiro atoms. The summed E-state index contributed by atoms with van der Waals surface area (Å²) in [4.78, 5) is 11.7. The van der Waals surface area contributed by atoms with Crippen LogP contribution >= 0.6 is 0 Å². The Hall–Kier alpha value is -1.51. The number of carbonyl (C=O) groups excluding carboxylic acids is 1. The van der Waals surface area contributed by atoms with Crippen molar-refractivity contribution in [1.82, 2.24) is 0 Å². The first-order chi connectivity index (χ1) is 8.29. The first-order valence-corrected chi connectivity index (χ1v) is 5.77. The van der Waals surface area contributed by atoms with Crippen molar-refractivity contribution < 1.29 is 14.6 Å². The van der Waals surface area contributed by atoms with E-state index in [9.17, 15) is 4.79 Å². The van der Waals surface area contributed by atoms with Crippen LogP contribution in [0.4, 0.5) is 0 Å². The van der Waals surface area contributed by atoms with Gasteiger partial charge in [-0.05, 0) is 37.5 Å². The van der Waals surface area contributed by atoms with Crippen molar-refractivity contribution in [2.75, 3.05) is 0 Å². The van der Waals surface area contributed by atoms with Gasteiger partial charge in [-0.2, -0.15) is 0 Å². The number of ether oxygens (including phenoxy) is 1. The molecule has 1 heterocycles. The Morgan fingerprint density at radius 2 is 1.88 bits per heavy atom. The SMILES string of the molecule is [2H]Oc1c(C)c(C)c2c(c1C)C(C)(C)CC(=O)O2. The van der Waals surface area contributed by atoms with Gasteiger partial charge in [-0.25, -0.2) is 0 Å². The van der Waals surface area contributed by atoms with E-state index in [2.05, 4.69) is 0 Å². The lowest BCUT2D eigenvalue weighted by Crippen LogP contribution is -2.32. The summed E-state index contributed by atoms with van der Waals surface area (Å²) in [7, 11) is 0. The Labute approximate surface area is 103 Å². The van der Waals surface area contributed by atoms with E-state index in [1.165, 1.54) is 0 Å². The number of aromatic hydroxyl groups is 1. The van der Waals surface area contributed by atoms with E-state index in [-0.39, 0.29) is 11.4 Å². The lowest BCUT2D eigenvalue weighted by Gasteiger charge is -2.34. The molecule has 17 heavy (non-hydrogen) atoms. The van der Waals surface area contributed by atoms with Crippen LogP contribution in [-0.4, -0.2) is 12.5 Å². The van der Waals surface area contributed by atoms with Crippen molar-refractivity contribution in [3.8, 4) is 11.5 Å². The van der Waals surface area contributed by atoms with Gasteiger partial charge in [0, 0.05) is 11.0 Å². The molecule has 1 aliphatic heterocycles. The molecule has 3 heteroatoms. The zero-order valence-corrected chi connectivity index (χ0v) is 10.9. The largest absolute Gasteiger partial charge is 0.507 e. The predicted octanol–water partition coefficient (Wildman–Crippen LogP) is 2.90. The lowest BCUT2D eigenvalue weighted by atomic mass is 9.75. The van der Waals surface area contributed by atoms with Gasteiger partial charge in [0.2, 0.25) is 0 Å². The highest BCUT2D eigenvalue weighted by Crippen LogP contribution is 2.47. The van der Waals surface area contributed by atoms with Crippen LogP contribution in [0.25, 0.3) is 0 Å². The van der Waals surface area contributed by atoms with Crippen LogP contribution in [0.3, 0.4) is 0 Å². The molecule has 1 aromatic carbocycles. The van der Waals surface area contributed by atoms with Gasteiger partial charge in [-0.15, -0.1) is 0 Å². The summed E-state index contributed by atoms with van der Waals surface area (Å²) < 4.78 is 12.6. The number of esters is 1. The minimum atomic E-state index is -0.291. The van der Waals surface area contributed by atoms with Crippen molar-refractivity contribution in [3.63, 3.8) is 0 Å². The first kappa shape index (κ1) is 10.6. The smallest absolute Gasteiger partial charge is 0.312 e. The monoisotopic (exact) mass is 235 g/mol. The lowest BCUT2D eigenvalue weighted by molar-refractivity contribution is -0.137. The molecule has 2 rings (SSSR count). The summed E-state index contributed by atoms with van der Waals surface area (Å²) in [5.74, 6) is 1.01. The second kappa shape index (κ2) is 3.49. The standard InChI is InChI=1S/C14H18O3/c1-7-8(2)13-11(9(3)12(7)16)14(4,5)6-10(15)17-13/h16H,6H2,1-5H3/i/hD. The number of fused-ring (bicyclic) bond motifs is 1. The van der Waals surface area contributed by atoms with E-state index < -0.39 is 0 Å². The number of hydrogen-bond acceptors (Lipinski definition) is 3. The fourth-order valence-electron chi connectivity index (χ4n) is 2.63. The van der Waals surface area contributed by atoms with E-state index in [1.807, 2.05) is 34.6 Å². The molecular formula is C14H18O3. The van der Waals surface area contributed by atoms with E-state index in [0.29, 0.717) is 17.9 Å². The van der Waals surface area contributed by atoms with Gasteiger partial charge >= 0.3 is 5.97 Å². The Bertz CT molecular complexity index is 533. The summed E-state index contributed by atoms with van der Waals surface area (Å²) >= 11 is 0. The highest BCUT2D eigenvalue weighted by atomic mass is 16.5. The van der Waals surface area contributed by atoms with Gasteiger partial charge in [0.1, 0.15) is 11.5 Å². The number of carbonyl (C=O) groups is 1. The Morgan fingerprint density at radius 3 is 2.47 bits per heavy atom. The number of phenolic OH excluding ortho intramolecular Hbond substituents is 1. The van der Waals surface area contributed by atoms with E-state index in [0.717, 1.165) is 22.3 Å². The van der Waals surface area contributed by atoms with Crippen molar-refractivity contribution in [2.45, 2.75) is 46.5 Å². The van der Waals surface area contributed by atoms with Gasteiger partial charge < -0.3 is 9.85 Å². The number of hydrogen-bond donors (Lipinski definition) is 1. The van der Waals surface area contributed by atoms with Gasteiger partial charge in [-0.3, -0.25) is 4.79 Å². The molecule has 0 unspecified atom stereocenters. The molecule has 0 saturated heterocycles. The highest BCUT2D eigenvalue weighted by Gasteiger charge is 2.37. The van der Waals surface area contributed by atoms with Crippen LogP contribution in [0.15, 0.2) is 0 Å². The molecule has 0 radical (unpaired) electrons. The summed E-state index contributed by atoms with van der Waals surface area (Å²) in [5.41, 5.74) is 3.30. The Balaban J connectivity index is 2.83. The maximum absolute atomic E-state index is 11.7. The molecule has 0 aromatic heterocycles. The first-order valence-electron chi connectivity index (χ1n) is 6.18. The molecule has 1 N–H and O–H groups in total. The van der Waals surface area contributed by atoms with Crippen molar-refractivity contribution in [2.24, 2.45) is 0 Å². The van der Waals surface area contributed by atoms with Crippen LogP contribution < -0.4 is 4.74 Å². The van der Waals surface area contributed by atoms with Crippen molar-refractivity contribution in [1.29, 1.82) is 1.43 Å². The fraction of sp³-hybridized carbons (Fsp3) is 0.500. The molecule has 92 valence electrons. The Morgan fingerprint density at radius 1 is 1.24 bits per heavy atom. The topological polar surface area (TPSA) is 46.5 Å². The summed E-state index contributed by atoms with van der Waals surface area (Å²) in [6.07, 6.45) is 0.348. The summed E-state index contributed by atoms with van der Waals surface area (Å²) in [5, 5.41) is 4.75. The van der Waals surface area contributed by atoms with Gasteiger partial charge in [-0.1, -0.05) is 13.8 Å². The third-order valence-corrected chi connectivity index (χ3v) is 3.67. The van der Waals surface area contributed by atoms with Crippen LogP contribution in [0, 0.1) is 20.8 Å². The molecule has 0 saturated carbocycles. The van der Waals surface area contributed by atoms with Gasteiger partial charge in [0.05, 0.1) is 6.42 Å². The Kier molecular flexibility index (Phi) is 2.18. The number of phenols is 1. The van der Waals surface area contributed by atoms with Gasteiger partial charge in [0.15, 0.2) is 0 Å². The third kappa shape index (κ3) is 1.61. The molecule has 1 aromatic rings. The van der Waals surface area contributed by atoms with E-state index in [1.54, 1.807) is 0 Å². The average Bonchev–Trinajstić information content (AvgIpc) is 2.24. The predicted molar refractivity (Wildman–Crippen MR) is 65.6 cm³/mol. The molecule has 0 bridgehead atoms. The normalized spacial score (nSPS) is 18.2. The van der Waals surface area contributed by atoms with Crippen LogP contribution in [0.5, 0.6) is 11.5 Å². The molecule has 0 aliphatic carbocycles. The second-order valence-corrected chi connectivity index (χ2v) is 5.44. The molecule has 3 nitrogen and oxygen atoms in total. The number of rotatable bonds is 1. The number of benzene rings is 1. The van der Waals surface area contributed by atoms with Crippen molar-refractivity contribution in [3.05, 3.63) is 22.3 Å². The minimum Gasteiger partial charge on any atom is -0.507 e. The highest BCUT2D eigenvalue weighted by molar-refractivity contribution is 5.80. The molecular weight excluding hydrogens is 216 g/mol.